The van der Waals surface area contributed by atoms with Crippen LogP contribution in [0.15, 0.2) is 24.5 Å². The van der Waals surface area contributed by atoms with Crippen molar-refractivity contribution in [1.82, 2.24) is 25.1 Å². The van der Waals surface area contributed by atoms with Crippen LogP contribution in [0, 0.1) is 0 Å². The number of nitrogens with zero attached hydrogens (tertiary/aromatic N) is 4. The molecule has 0 spiro atoms. The van der Waals surface area contributed by atoms with Crippen molar-refractivity contribution in [2.45, 2.75) is 19.4 Å². The van der Waals surface area contributed by atoms with Crippen LogP contribution in [-0.2, 0) is 16.0 Å². The largest absolute Gasteiger partial charge is 0.367 e. The van der Waals surface area contributed by atoms with Gasteiger partial charge in [-0.25, -0.2) is 4.98 Å². The molecule has 0 saturated carbocycles. The molecule has 122 valence electrons. The molecular weight excluding hydrogens is 296 g/mol. The highest BCUT2D eigenvalue weighted by Crippen LogP contribution is 2.19. The maximum Gasteiger partial charge on any atom is 0.238 e. The van der Waals surface area contributed by atoms with Crippen LogP contribution in [0.5, 0.6) is 0 Å². The van der Waals surface area contributed by atoms with Crippen LogP contribution < -0.4 is 5.32 Å². The highest BCUT2D eigenvalue weighted by Gasteiger charge is 2.26. The summed E-state index contributed by atoms with van der Waals surface area (Å²) in [5, 5.41) is 9.93. The van der Waals surface area contributed by atoms with Gasteiger partial charge < -0.3 is 10.1 Å². The first-order valence-corrected chi connectivity index (χ1v) is 7.69. The molecule has 2 aromatic rings. The monoisotopic (exact) mass is 316 g/mol. The Bertz CT molecular complexity index is 644. The maximum atomic E-state index is 12.1. The molecule has 1 atom stereocenters. The van der Waals surface area contributed by atoms with Gasteiger partial charge in [-0.2, -0.15) is 5.10 Å². The summed E-state index contributed by atoms with van der Waals surface area (Å²) in [6.07, 6.45) is 3.90. The number of aromatic amines is 1. The second-order valence-corrected chi connectivity index (χ2v) is 5.38. The van der Waals surface area contributed by atoms with Gasteiger partial charge in [-0.15, -0.1) is 0 Å². The van der Waals surface area contributed by atoms with Gasteiger partial charge in [0, 0.05) is 25.7 Å². The van der Waals surface area contributed by atoms with E-state index < -0.39 is 0 Å². The molecule has 0 radical (unpaired) electrons. The fraction of sp³-hybridized carbons (Fsp3) is 0.467. The number of rotatable bonds is 5. The molecule has 0 aliphatic carbocycles. The van der Waals surface area contributed by atoms with Gasteiger partial charge >= 0.3 is 0 Å². The van der Waals surface area contributed by atoms with E-state index in [4.69, 9.17) is 4.74 Å². The van der Waals surface area contributed by atoms with Crippen molar-refractivity contribution in [1.29, 1.82) is 0 Å². The van der Waals surface area contributed by atoms with E-state index in [1.807, 2.05) is 17.9 Å². The number of ether oxygens (including phenoxy) is 1. The minimum absolute atomic E-state index is 0.0668. The first kappa shape index (κ1) is 15.6. The summed E-state index contributed by atoms with van der Waals surface area (Å²) in [4.78, 5) is 22.5. The second kappa shape index (κ2) is 7.30. The first-order valence-electron chi connectivity index (χ1n) is 7.69. The number of morpholine rings is 1. The summed E-state index contributed by atoms with van der Waals surface area (Å²) in [6.45, 7) is 4.19. The van der Waals surface area contributed by atoms with E-state index in [1.165, 1.54) is 0 Å². The van der Waals surface area contributed by atoms with Crippen molar-refractivity contribution in [2.24, 2.45) is 0 Å². The number of nitrogens with one attached hydrogen (secondary N) is 2. The number of aromatic nitrogens is 4. The molecule has 1 aliphatic rings. The Morgan fingerprint density at radius 3 is 3.22 bits per heavy atom. The zero-order valence-corrected chi connectivity index (χ0v) is 13.0. The number of H-pyrrole nitrogens is 1. The molecule has 8 nitrogen and oxygen atoms in total. The molecule has 1 unspecified atom stereocenters. The Hall–Kier alpha value is -2.32. The van der Waals surface area contributed by atoms with E-state index in [0.717, 1.165) is 12.2 Å². The quantitative estimate of drug-likeness (QED) is 0.846. The van der Waals surface area contributed by atoms with E-state index in [2.05, 4.69) is 25.5 Å². The summed E-state index contributed by atoms with van der Waals surface area (Å²) in [5.74, 6) is 1.43. The maximum absolute atomic E-state index is 12.1. The van der Waals surface area contributed by atoms with Crippen molar-refractivity contribution in [3.05, 3.63) is 36.2 Å². The topological polar surface area (TPSA) is 96.0 Å². The predicted molar refractivity (Wildman–Crippen MR) is 83.8 cm³/mol. The highest BCUT2D eigenvalue weighted by atomic mass is 16.5. The standard InChI is InChI=1S/C15H20N6O2/c1-2-13-18-15(20-19-13)12-9-21(6-7-23-12)10-14(22)17-11-4-3-5-16-8-11/h3-5,8,12H,2,6-7,9-10H2,1H3,(H,17,22)(H,18,19,20). The summed E-state index contributed by atoms with van der Waals surface area (Å²) in [5.41, 5.74) is 0.698. The third-order valence-corrected chi connectivity index (χ3v) is 3.63. The third-order valence-electron chi connectivity index (χ3n) is 3.63. The van der Waals surface area contributed by atoms with E-state index in [9.17, 15) is 4.79 Å². The van der Waals surface area contributed by atoms with Crippen LogP contribution >= 0.6 is 0 Å². The van der Waals surface area contributed by atoms with Crippen LogP contribution in [-0.4, -0.2) is 57.2 Å². The van der Waals surface area contributed by atoms with Gasteiger partial charge in [0.05, 0.1) is 25.0 Å². The summed E-state index contributed by atoms with van der Waals surface area (Å²) in [7, 11) is 0. The van der Waals surface area contributed by atoms with Crippen molar-refractivity contribution in [2.75, 3.05) is 31.6 Å². The van der Waals surface area contributed by atoms with Crippen LogP contribution in [0.25, 0.3) is 0 Å². The van der Waals surface area contributed by atoms with Gasteiger partial charge in [-0.1, -0.05) is 6.92 Å². The van der Waals surface area contributed by atoms with Gasteiger partial charge in [0.25, 0.3) is 0 Å². The predicted octanol–water partition coefficient (Wildman–Crippen LogP) is 0.774. The van der Waals surface area contributed by atoms with Crippen molar-refractivity contribution in [3.8, 4) is 0 Å². The fourth-order valence-corrected chi connectivity index (χ4v) is 2.45. The Morgan fingerprint density at radius 1 is 1.57 bits per heavy atom. The number of hydrogen-bond donors (Lipinski definition) is 2. The highest BCUT2D eigenvalue weighted by molar-refractivity contribution is 5.92. The molecule has 1 fully saturated rings. The lowest BCUT2D eigenvalue weighted by atomic mass is 10.2. The van der Waals surface area contributed by atoms with E-state index in [1.54, 1.807) is 18.5 Å². The number of hydrogen-bond acceptors (Lipinski definition) is 6. The van der Waals surface area contributed by atoms with Gasteiger partial charge in [0.1, 0.15) is 11.9 Å². The van der Waals surface area contributed by atoms with Crippen LogP contribution in [0.2, 0.25) is 0 Å². The van der Waals surface area contributed by atoms with E-state index in [-0.39, 0.29) is 12.0 Å². The fourth-order valence-electron chi connectivity index (χ4n) is 2.45. The van der Waals surface area contributed by atoms with Gasteiger partial charge in [-0.05, 0) is 12.1 Å². The zero-order chi connectivity index (χ0) is 16.1. The minimum Gasteiger partial charge on any atom is -0.367 e. The molecule has 1 amide bonds. The molecule has 3 heterocycles. The molecule has 3 rings (SSSR count). The smallest absolute Gasteiger partial charge is 0.238 e. The number of amides is 1. The lowest BCUT2D eigenvalue weighted by molar-refractivity contribution is -0.119. The summed E-state index contributed by atoms with van der Waals surface area (Å²) < 4.78 is 5.72. The zero-order valence-electron chi connectivity index (χ0n) is 13.0. The average molecular weight is 316 g/mol. The molecule has 0 aromatic carbocycles. The molecule has 1 saturated heterocycles. The first-order chi connectivity index (χ1) is 11.2. The number of pyridine rings is 1. The van der Waals surface area contributed by atoms with E-state index >= 15 is 0 Å². The van der Waals surface area contributed by atoms with E-state index in [0.29, 0.717) is 37.8 Å². The van der Waals surface area contributed by atoms with Crippen LogP contribution in [0.4, 0.5) is 5.69 Å². The molecule has 2 N–H and O–H groups in total. The molecular formula is C15H20N6O2. The number of carbonyl (C=O) groups is 1. The Balaban J connectivity index is 1.55. The second-order valence-electron chi connectivity index (χ2n) is 5.38. The van der Waals surface area contributed by atoms with Crippen molar-refractivity contribution < 1.29 is 9.53 Å². The molecule has 0 bridgehead atoms. The Morgan fingerprint density at radius 2 is 2.48 bits per heavy atom. The minimum atomic E-state index is -0.202. The molecule has 8 heteroatoms. The third kappa shape index (κ3) is 4.11. The summed E-state index contributed by atoms with van der Waals surface area (Å²) in [6, 6.07) is 3.60. The molecule has 2 aromatic heterocycles. The molecule has 1 aliphatic heterocycles. The van der Waals surface area contributed by atoms with Crippen LogP contribution in [0.1, 0.15) is 24.7 Å². The lowest BCUT2D eigenvalue weighted by Crippen LogP contribution is -2.42. The molecule has 23 heavy (non-hydrogen) atoms. The lowest BCUT2D eigenvalue weighted by Gasteiger charge is -2.30. The average Bonchev–Trinajstić information content (AvgIpc) is 3.05. The Labute approximate surface area is 134 Å². The van der Waals surface area contributed by atoms with Crippen molar-refractivity contribution >= 4 is 11.6 Å². The normalized spacial score (nSPS) is 18.7. The SMILES string of the molecule is CCc1nc(C2CN(CC(=O)Nc3cccnc3)CCO2)n[nH]1. The Kier molecular flexibility index (Phi) is 4.94. The number of aryl methyl sites for hydroxylation is 1. The number of carbonyl (C=O) groups excluding carboxylic acids is 1. The number of anilines is 1. The van der Waals surface area contributed by atoms with Gasteiger partial charge in [0.2, 0.25) is 5.91 Å². The van der Waals surface area contributed by atoms with Gasteiger partial charge in [-0.3, -0.25) is 19.8 Å². The van der Waals surface area contributed by atoms with Crippen LogP contribution in [0.3, 0.4) is 0 Å². The summed E-state index contributed by atoms with van der Waals surface area (Å²) >= 11 is 0. The van der Waals surface area contributed by atoms with Crippen molar-refractivity contribution in [3.63, 3.8) is 0 Å². The van der Waals surface area contributed by atoms with Gasteiger partial charge in [0.15, 0.2) is 5.82 Å².